The highest BCUT2D eigenvalue weighted by Crippen LogP contribution is 2.30. The topological polar surface area (TPSA) is 72.9 Å². The zero-order valence-corrected chi connectivity index (χ0v) is 12.6. The average Bonchev–Trinajstić information content (AvgIpc) is 2.17. The summed E-state index contributed by atoms with van der Waals surface area (Å²) in [5, 5.41) is 0. The van der Waals surface area contributed by atoms with E-state index in [1.807, 2.05) is 0 Å². The summed E-state index contributed by atoms with van der Waals surface area (Å²) >= 11 is 0. The average molecular weight is 288 g/mol. The Kier molecular flexibility index (Phi) is 3.09. The summed E-state index contributed by atoms with van der Waals surface area (Å²) in [5.74, 6) is -3.51. The predicted molar refractivity (Wildman–Crippen MR) is 71.9 cm³/mol. The molecule has 6 heteroatoms. The quantitative estimate of drug-likeness (QED) is 0.546. The molecule has 1 saturated heterocycles. The molecule has 114 valence electrons. The van der Waals surface area contributed by atoms with Gasteiger partial charge < -0.3 is 9.47 Å². The molecule has 0 aromatic heterocycles. The third-order valence-electron chi connectivity index (χ3n) is 2.34. The molecule has 6 nitrogen and oxygen atoms in total. The first-order valence-electron chi connectivity index (χ1n) is 7.83. The molecular weight excluding hydrogens is 262 g/mol. The first-order valence-corrected chi connectivity index (χ1v) is 6.33. The van der Waals surface area contributed by atoms with Crippen LogP contribution in [0, 0.1) is 5.92 Å². The molecule has 1 aliphatic rings. The summed E-state index contributed by atoms with van der Waals surface area (Å²) in [6.45, 7) is 6.89. The third kappa shape index (κ3) is 3.71. The first kappa shape index (κ1) is 12.2. The minimum absolute atomic E-state index is 0.524. The summed E-state index contributed by atoms with van der Waals surface area (Å²) in [7, 11) is 0. The van der Waals surface area contributed by atoms with Crippen molar-refractivity contribution in [1.82, 2.24) is 4.90 Å². The molecule has 0 unspecified atom stereocenters. The molecule has 2 amide bonds. The van der Waals surface area contributed by atoms with Crippen LogP contribution in [0.15, 0.2) is 0 Å². The van der Waals surface area contributed by atoms with E-state index in [4.69, 9.17) is 13.6 Å². The van der Waals surface area contributed by atoms with Crippen LogP contribution < -0.4 is 0 Å². The van der Waals surface area contributed by atoms with E-state index in [1.54, 1.807) is 41.5 Å². The standard InChI is InChI=1S/C14H23NO5/c1-8-9(11(17)19-13(2,3)4)15(10(8)16)12(18)20-14(5,6)7/h8-9H,1-7H3/t8-,9+/m1/s1/i1D3. The number of hydrogen-bond donors (Lipinski definition) is 0. The van der Waals surface area contributed by atoms with Crippen LogP contribution in [0.1, 0.15) is 52.5 Å². The van der Waals surface area contributed by atoms with Gasteiger partial charge in [0.15, 0.2) is 6.04 Å². The summed E-state index contributed by atoms with van der Waals surface area (Å²) in [6.07, 6.45) is -1.06. The highest BCUT2D eigenvalue weighted by Gasteiger charge is 2.54. The van der Waals surface area contributed by atoms with E-state index in [1.165, 1.54) is 0 Å². The summed E-state index contributed by atoms with van der Waals surface area (Å²) in [4.78, 5) is 36.9. The van der Waals surface area contributed by atoms with Gasteiger partial charge in [-0.15, -0.1) is 0 Å². The van der Waals surface area contributed by atoms with Crippen molar-refractivity contribution in [2.75, 3.05) is 0 Å². The van der Waals surface area contributed by atoms with E-state index in [9.17, 15) is 14.4 Å². The maximum Gasteiger partial charge on any atom is 0.417 e. The normalized spacial score (nSPS) is 26.0. The molecule has 0 radical (unpaired) electrons. The smallest absolute Gasteiger partial charge is 0.417 e. The fraction of sp³-hybridized carbons (Fsp3) is 0.786. The molecule has 1 rings (SSSR count). The Hall–Kier alpha value is -1.59. The van der Waals surface area contributed by atoms with Crippen molar-refractivity contribution in [3.63, 3.8) is 0 Å². The summed E-state index contributed by atoms with van der Waals surface area (Å²) in [6, 6.07) is -1.51. The molecule has 1 heterocycles. The lowest BCUT2D eigenvalue weighted by Crippen LogP contribution is -2.66. The van der Waals surface area contributed by atoms with Crippen molar-refractivity contribution in [3.8, 4) is 0 Å². The van der Waals surface area contributed by atoms with Crippen LogP contribution in [-0.4, -0.2) is 40.1 Å². The zero-order valence-electron chi connectivity index (χ0n) is 15.6. The van der Waals surface area contributed by atoms with Gasteiger partial charge in [-0.1, -0.05) is 6.85 Å². The molecule has 1 fully saturated rings. The summed E-state index contributed by atoms with van der Waals surface area (Å²) in [5.41, 5.74) is -1.77. The lowest BCUT2D eigenvalue weighted by atomic mass is 9.89. The highest BCUT2D eigenvalue weighted by atomic mass is 16.6. The van der Waals surface area contributed by atoms with Crippen molar-refractivity contribution in [3.05, 3.63) is 0 Å². The monoisotopic (exact) mass is 288 g/mol. The number of likely N-dealkylation sites (tertiary alicyclic amines) is 1. The molecule has 0 saturated carbocycles. The second-order valence-corrected chi connectivity index (χ2v) is 6.64. The Morgan fingerprint density at radius 2 is 1.60 bits per heavy atom. The van der Waals surface area contributed by atoms with Crippen LogP contribution in [0.2, 0.25) is 0 Å². The van der Waals surface area contributed by atoms with Crippen LogP contribution in [0.25, 0.3) is 0 Å². The number of carbonyl (C=O) groups is 3. The van der Waals surface area contributed by atoms with E-state index < -0.39 is 48.0 Å². The third-order valence-corrected chi connectivity index (χ3v) is 2.34. The molecule has 0 bridgehead atoms. The largest absolute Gasteiger partial charge is 0.458 e. The van der Waals surface area contributed by atoms with Crippen LogP contribution >= 0.6 is 0 Å². The Morgan fingerprint density at radius 1 is 1.10 bits per heavy atom. The van der Waals surface area contributed by atoms with E-state index in [0.29, 0.717) is 4.90 Å². The van der Waals surface area contributed by atoms with Gasteiger partial charge in [-0.3, -0.25) is 4.79 Å². The second kappa shape index (κ2) is 5.07. The molecule has 0 spiro atoms. The molecule has 0 aromatic carbocycles. The fourth-order valence-corrected chi connectivity index (χ4v) is 1.61. The van der Waals surface area contributed by atoms with Crippen molar-refractivity contribution in [2.24, 2.45) is 5.92 Å². The second-order valence-electron chi connectivity index (χ2n) is 6.64. The van der Waals surface area contributed by atoms with Gasteiger partial charge in [0, 0.05) is 4.11 Å². The van der Waals surface area contributed by atoms with Crippen molar-refractivity contribution < 1.29 is 28.0 Å². The van der Waals surface area contributed by atoms with Gasteiger partial charge in [0.1, 0.15) is 11.2 Å². The molecule has 0 N–H and O–H groups in total. The maximum absolute atomic E-state index is 12.3. The predicted octanol–water partition coefficient (Wildman–Crippen LogP) is 2.11. The van der Waals surface area contributed by atoms with Gasteiger partial charge >= 0.3 is 12.1 Å². The Bertz CT molecular complexity index is 508. The SMILES string of the molecule is [2H]C([2H])([2H])[C@H]1C(=O)N(C(=O)OC(C)(C)C)[C@@H]1C(=O)OC(C)(C)C. The summed E-state index contributed by atoms with van der Waals surface area (Å²) < 4.78 is 32.4. The number of ether oxygens (including phenoxy) is 2. The highest BCUT2D eigenvalue weighted by molar-refractivity contribution is 6.06. The molecule has 1 aliphatic heterocycles. The van der Waals surface area contributed by atoms with E-state index in [-0.39, 0.29) is 0 Å². The van der Waals surface area contributed by atoms with Gasteiger partial charge in [0.25, 0.3) is 0 Å². The Balaban J connectivity index is 3.08. The van der Waals surface area contributed by atoms with Crippen LogP contribution in [0.5, 0.6) is 0 Å². The molecule has 2 atom stereocenters. The van der Waals surface area contributed by atoms with Gasteiger partial charge in [-0.05, 0) is 41.5 Å². The van der Waals surface area contributed by atoms with Gasteiger partial charge in [0.05, 0.1) is 5.92 Å². The number of rotatable bonds is 1. The number of amides is 2. The Morgan fingerprint density at radius 3 is 2.00 bits per heavy atom. The number of imide groups is 1. The molecule has 0 aliphatic carbocycles. The number of β-lactam (4-membered cyclic amide) rings is 1. The molecular formula is C14H23NO5. The minimum Gasteiger partial charge on any atom is -0.458 e. The van der Waals surface area contributed by atoms with Crippen LogP contribution in [-0.2, 0) is 19.1 Å². The van der Waals surface area contributed by atoms with Crippen molar-refractivity contribution in [2.45, 2.75) is 65.6 Å². The lowest BCUT2D eigenvalue weighted by Gasteiger charge is -2.43. The van der Waals surface area contributed by atoms with E-state index in [2.05, 4.69) is 0 Å². The molecule has 0 aromatic rings. The van der Waals surface area contributed by atoms with Crippen LogP contribution in [0.3, 0.4) is 0 Å². The number of nitrogens with zero attached hydrogens (tertiary/aromatic N) is 1. The van der Waals surface area contributed by atoms with Crippen molar-refractivity contribution in [1.29, 1.82) is 0 Å². The van der Waals surface area contributed by atoms with Crippen molar-refractivity contribution >= 4 is 18.0 Å². The van der Waals surface area contributed by atoms with Gasteiger partial charge in [-0.2, -0.15) is 0 Å². The Labute approximate surface area is 123 Å². The maximum atomic E-state index is 12.3. The van der Waals surface area contributed by atoms with Gasteiger partial charge in [-0.25, -0.2) is 14.5 Å². The molecule has 20 heavy (non-hydrogen) atoms. The van der Waals surface area contributed by atoms with Crippen LogP contribution in [0.4, 0.5) is 4.79 Å². The van der Waals surface area contributed by atoms with Gasteiger partial charge in [0.2, 0.25) is 5.91 Å². The number of esters is 1. The first-order chi connectivity index (χ1) is 10.0. The lowest BCUT2D eigenvalue weighted by molar-refractivity contribution is -0.178. The number of carbonyl (C=O) groups excluding carboxylic acids is 3. The minimum atomic E-state index is -2.71. The fourth-order valence-electron chi connectivity index (χ4n) is 1.61. The zero-order chi connectivity index (χ0) is 18.4. The van der Waals surface area contributed by atoms with E-state index in [0.717, 1.165) is 0 Å². The van der Waals surface area contributed by atoms with E-state index >= 15 is 0 Å². The number of hydrogen-bond acceptors (Lipinski definition) is 5.